The van der Waals surface area contributed by atoms with Gasteiger partial charge in [0.25, 0.3) is 0 Å². The van der Waals surface area contributed by atoms with E-state index in [1.165, 1.54) is 86.6 Å². The molecule has 0 saturated heterocycles. The Hall–Kier alpha value is -6.29. The largest absolute Gasteiger partial charge is 0.309 e. The molecule has 11 rings (SSSR count). The summed E-state index contributed by atoms with van der Waals surface area (Å²) in [6.07, 6.45) is 8.94. The van der Waals surface area contributed by atoms with Gasteiger partial charge in [-0.2, -0.15) is 0 Å². The number of fused-ring (bicyclic) bond motifs is 10. The molecule has 0 bridgehead atoms. The standard InChI is InChI=1S/C49H32N2S/c1-3-12-31(13-4-1)49-40-25-27-46-48(47(40)39-19-7-9-20-42(39)50-49)41-29-34(23-26-45(41)52-46)32-14-11-15-33(28-32)35-22-24-38-37-18-8-10-21-43(37)51(44(38)30-35)36-16-5-2-6-17-36/h1-30,39,42H. The number of para-hydroxylation sites is 2. The van der Waals surface area contributed by atoms with Crippen molar-refractivity contribution in [3.8, 4) is 27.9 Å². The Morgan fingerprint density at radius 1 is 0.481 bits per heavy atom. The van der Waals surface area contributed by atoms with Crippen LogP contribution in [0.1, 0.15) is 22.6 Å². The fourth-order valence-electron chi connectivity index (χ4n) is 8.54. The van der Waals surface area contributed by atoms with Crippen molar-refractivity contribution in [1.29, 1.82) is 0 Å². The van der Waals surface area contributed by atoms with Gasteiger partial charge in [-0.1, -0.05) is 133 Å². The minimum absolute atomic E-state index is 0.0889. The van der Waals surface area contributed by atoms with Gasteiger partial charge in [-0.15, -0.1) is 11.3 Å². The maximum Gasteiger partial charge on any atom is 0.0794 e. The Balaban J connectivity index is 1.06. The van der Waals surface area contributed by atoms with Gasteiger partial charge in [0, 0.05) is 53.7 Å². The molecule has 9 aromatic rings. The number of thiophene rings is 1. The smallest absolute Gasteiger partial charge is 0.0794 e. The Morgan fingerprint density at radius 3 is 2.02 bits per heavy atom. The van der Waals surface area contributed by atoms with E-state index in [4.69, 9.17) is 4.99 Å². The number of aliphatic imine (C=N–C) groups is 1. The number of rotatable bonds is 4. The lowest BCUT2D eigenvalue weighted by atomic mass is 9.78. The van der Waals surface area contributed by atoms with Crippen LogP contribution in [-0.4, -0.2) is 16.3 Å². The predicted molar refractivity (Wildman–Crippen MR) is 221 cm³/mol. The zero-order valence-corrected chi connectivity index (χ0v) is 29.1. The van der Waals surface area contributed by atoms with E-state index in [0.717, 1.165) is 5.71 Å². The summed E-state index contributed by atoms with van der Waals surface area (Å²) in [7, 11) is 0. The summed E-state index contributed by atoms with van der Waals surface area (Å²) in [5, 5.41) is 5.23. The van der Waals surface area contributed by atoms with Crippen LogP contribution in [0.4, 0.5) is 0 Å². The highest BCUT2D eigenvalue weighted by atomic mass is 32.1. The molecule has 2 atom stereocenters. The van der Waals surface area contributed by atoms with Gasteiger partial charge in [-0.3, -0.25) is 4.99 Å². The first-order valence-electron chi connectivity index (χ1n) is 18.0. The lowest BCUT2D eigenvalue weighted by Gasteiger charge is -2.31. The van der Waals surface area contributed by atoms with Gasteiger partial charge in [0.2, 0.25) is 0 Å². The molecule has 2 nitrogen and oxygen atoms in total. The average Bonchev–Trinajstić information content (AvgIpc) is 3.76. The lowest BCUT2D eigenvalue weighted by Crippen LogP contribution is -2.25. The molecule has 2 unspecified atom stereocenters. The monoisotopic (exact) mass is 680 g/mol. The summed E-state index contributed by atoms with van der Waals surface area (Å²) < 4.78 is 5.04. The van der Waals surface area contributed by atoms with Crippen LogP contribution in [-0.2, 0) is 0 Å². The van der Waals surface area contributed by atoms with E-state index < -0.39 is 0 Å². The molecule has 1 aliphatic heterocycles. The number of hydrogen-bond donors (Lipinski definition) is 0. The number of aromatic nitrogens is 1. The number of nitrogens with zero attached hydrogens (tertiary/aromatic N) is 2. The van der Waals surface area contributed by atoms with Gasteiger partial charge in [0.1, 0.15) is 0 Å². The molecule has 1 aliphatic carbocycles. The molecular weight excluding hydrogens is 649 g/mol. The molecular formula is C49H32N2S. The second kappa shape index (κ2) is 11.6. The van der Waals surface area contributed by atoms with Crippen LogP contribution >= 0.6 is 11.3 Å². The summed E-state index contributed by atoms with van der Waals surface area (Å²) in [6.45, 7) is 0. The highest BCUT2D eigenvalue weighted by molar-refractivity contribution is 7.25. The van der Waals surface area contributed by atoms with E-state index in [-0.39, 0.29) is 12.0 Å². The maximum atomic E-state index is 5.32. The van der Waals surface area contributed by atoms with Gasteiger partial charge >= 0.3 is 0 Å². The molecule has 52 heavy (non-hydrogen) atoms. The quantitative estimate of drug-likeness (QED) is 0.176. The van der Waals surface area contributed by atoms with Crippen LogP contribution in [0.15, 0.2) is 187 Å². The van der Waals surface area contributed by atoms with Crippen molar-refractivity contribution >= 4 is 59.0 Å². The van der Waals surface area contributed by atoms with Crippen molar-refractivity contribution in [3.05, 3.63) is 199 Å². The van der Waals surface area contributed by atoms with Gasteiger partial charge in [0.15, 0.2) is 0 Å². The van der Waals surface area contributed by atoms with Crippen molar-refractivity contribution in [2.45, 2.75) is 12.0 Å². The molecule has 3 heteroatoms. The lowest BCUT2D eigenvalue weighted by molar-refractivity contribution is 0.708. The summed E-state index contributed by atoms with van der Waals surface area (Å²) in [5.41, 5.74) is 13.4. The zero-order chi connectivity index (χ0) is 34.2. The van der Waals surface area contributed by atoms with Crippen LogP contribution in [0.5, 0.6) is 0 Å². The fraction of sp³-hybridized carbons (Fsp3) is 0.0408. The highest BCUT2D eigenvalue weighted by Gasteiger charge is 2.32. The second-order valence-electron chi connectivity index (χ2n) is 13.8. The molecule has 0 saturated carbocycles. The second-order valence-corrected chi connectivity index (χ2v) is 14.9. The van der Waals surface area contributed by atoms with Crippen LogP contribution in [0.2, 0.25) is 0 Å². The first-order valence-corrected chi connectivity index (χ1v) is 18.8. The first-order chi connectivity index (χ1) is 25.8. The SMILES string of the molecule is C1=CC2N=C(c3ccccc3)c3ccc4sc5ccc(-c6cccc(-c7ccc8c9ccccc9n(-c9ccccc9)c8c7)c6)cc5c4c3C2C=C1. The summed E-state index contributed by atoms with van der Waals surface area (Å²) in [5.74, 6) is 0.211. The van der Waals surface area contributed by atoms with Gasteiger partial charge in [0.05, 0.1) is 22.8 Å². The third-order valence-electron chi connectivity index (χ3n) is 10.9. The molecule has 0 spiro atoms. The van der Waals surface area contributed by atoms with Crippen molar-refractivity contribution in [3.63, 3.8) is 0 Å². The van der Waals surface area contributed by atoms with Gasteiger partial charge in [-0.05, 0) is 76.3 Å². The first kappa shape index (κ1) is 29.4. The Labute approximate surface area is 306 Å². The number of allylic oxidation sites excluding steroid dienone is 2. The molecule has 0 radical (unpaired) electrons. The van der Waals surface area contributed by atoms with Crippen molar-refractivity contribution in [2.24, 2.45) is 4.99 Å². The Bertz CT molecular complexity index is 2960. The third-order valence-corrected chi connectivity index (χ3v) is 12.0. The zero-order valence-electron chi connectivity index (χ0n) is 28.3. The molecule has 0 fully saturated rings. The van der Waals surface area contributed by atoms with E-state index in [1.807, 2.05) is 11.3 Å². The van der Waals surface area contributed by atoms with E-state index in [2.05, 4.69) is 187 Å². The van der Waals surface area contributed by atoms with Crippen LogP contribution in [0.3, 0.4) is 0 Å². The molecule has 2 aromatic heterocycles. The van der Waals surface area contributed by atoms with E-state index in [1.54, 1.807) is 0 Å². The van der Waals surface area contributed by atoms with Crippen molar-refractivity contribution in [2.75, 3.05) is 0 Å². The molecule has 3 heterocycles. The molecule has 0 amide bonds. The van der Waals surface area contributed by atoms with Crippen LogP contribution in [0, 0.1) is 0 Å². The third kappa shape index (κ3) is 4.53. The van der Waals surface area contributed by atoms with Gasteiger partial charge in [-0.25, -0.2) is 0 Å². The fourth-order valence-corrected chi connectivity index (χ4v) is 9.64. The van der Waals surface area contributed by atoms with E-state index in [0.29, 0.717) is 0 Å². The Kier molecular flexibility index (Phi) is 6.58. The Morgan fingerprint density at radius 2 is 1.15 bits per heavy atom. The highest BCUT2D eigenvalue weighted by Crippen LogP contribution is 2.46. The van der Waals surface area contributed by atoms with E-state index >= 15 is 0 Å². The van der Waals surface area contributed by atoms with Crippen molar-refractivity contribution in [1.82, 2.24) is 4.57 Å². The topological polar surface area (TPSA) is 17.3 Å². The summed E-state index contributed by atoms with van der Waals surface area (Å²) in [4.78, 5) is 5.32. The maximum absolute atomic E-state index is 5.32. The molecule has 244 valence electrons. The average molecular weight is 681 g/mol. The molecule has 2 aliphatic rings. The van der Waals surface area contributed by atoms with Gasteiger partial charge < -0.3 is 4.57 Å². The van der Waals surface area contributed by atoms with Crippen molar-refractivity contribution < 1.29 is 0 Å². The molecule has 0 N–H and O–H groups in total. The minimum Gasteiger partial charge on any atom is -0.309 e. The number of hydrogen-bond acceptors (Lipinski definition) is 2. The number of benzene rings is 7. The summed E-state index contributed by atoms with van der Waals surface area (Å²) in [6, 6.07) is 57.8. The van der Waals surface area contributed by atoms with Crippen LogP contribution in [0.25, 0.3) is 69.9 Å². The normalized spacial score (nSPS) is 16.4. The van der Waals surface area contributed by atoms with Crippen LogP contribution < -0.4 is 0 Å². The summed E-state index contributed by atoms with van der Waals surface area (Å²) >= 11 is 1.89. The minimum atomic E-state index is 0.0889. The predicted octanol–water partition coefficient (Wildman–Crippen LogP) is 12.9. The van der Waals surface area contributed by atoms with E-state index in [9.17, 15) is 0 Å². The molecule has 7 aromatic carbocycles.